The summed E-state index contributed by atoms with van der Waals surface area (Å²) < 4.78 is 5.36. The first-order valence-corrected chi connectivity index (χ1v) is 5.85. The molecule has 0 fully saturated rings. The molecule has 0 atom stereocenters. The van der Waals surface area contributed by atoms with Gasteiger partial charge in [0.2, 0.25) is 0 Å². The Kier molecular flexibility index (Phi) is 5.33. The maximum atomic E-state index is 10.8. The second kappa shape index (κ2) is 6.78. The van der Waals surface area contributed by atoms with Crippen molar-refractivity contribution in [2.24, 2.45) is 0 Å². The van der Waals surface area contributed by atoms with Gasteiger partial charge in [0.1, 0.15) is 5.56 Å². The molecule has 0 unspecified atom stereocenters. The predicted octanol–water partition coefficient (Wildman–Crippen LogP) is 3.05. The number of benzene rings is 1. The van der Waals surface area contributed by atoms with Gasteiger partial charge in [-0.05, 0) is 18.6 Å². The van der Waals surface area contributed by atoms with Gasteiger partial charge >= 0.3 is 5.97 Å². The molecule has 2 N–H and O–H groups in total. The number of ether oxygens (including phenoxy) is 1. The van der Waals surface area contributed by atoms with E-state index in [1.54, 1.807) is 12.1 Å². The number of carbonyl (C=O) groups is 1. The zero-order valence-electron chi connectivity index (χ0n) is 9.98. The Hall–Kier alpha value is -1.71. The molecule has 0 aliphatic rings. The van der Waals surface area contributed by atoms with Gasteiger partial charge in [0.15, 0.2) is 11.5 Å². The van der Waals surface area contributed by atoms with Crippen molar-refractivity contribution in [3.8, 4) is 11.5 Å². The van der Waals surface area contributed by atoms with Crippen LogP contribution < -0.4 is 4.74 Å². The Balaban J connectivity index is 2.54. The lowest BCUT2D eigenvalue weighted by atomic mass is 10.2. The van der Waals surface area contributed by atoms with E-state index < -0.39 is 5.97 Å². The van der Waals surface area contributed by atoms with Gasteiger partial charge in [-0.25, -0.2) is 4.79 Å². The largest absolute Gasteiger partial charge is 0.504 e. The maximum Gasteiger partial charge on any atom is 0.339 e. The van der Waals surface area contributed by atoms with Gasteiger partial charge in [-0.15, -0.1) is 0 Å². The van der Waals surface area contributed by atoms with Crippen LogP contribution in [0.1, 0.15) is 43.0 Å². The summed E-state index contributed by atoms with van der Waals surface area (Å²) >= 11 is 0. The first-order chi connectivity index (χ1) is 8.16. The van der Waals surface area contributed by atoms with Crippen LogP contribution in [0.4, 0.5) is 0 Å². The predicted molar refractivity (Wildman–Crippen MR) is 64.7 cm³/mol. The van der Waals surface area contributed by atoms with E-state index in [1.807, 2.05) is 0 Å². The molecule has 0 aliphatic carbocycles. The van der Waals surface area contributed by atoms with Gasteiger partial charge in [-0.2, -0.15) is 0 Å². The smallest absolute Gasteiger partial charge is 0.339 e. The highest BCUT2D eigenvalue weighted by molar-refractivity contribution is 5.91. The minimum Gasteiger partial charge on any atom is -0.504 e. The molecule has 0 heterocycles. The fourth-order valence-corrected chi connectivity index (χ4v) is 1.52. The number of aromatic hydroxyl groups is 1. The van der Waals surface area contributed by atoms with Gasteiger partial charge < -0.3 is 14.9 Å². The molecular weight excluding hydrogens is 220 g/mol. The Bertz CT molecular complexity index is 374. The van der Waals surface area contributed by atoms with E-state index in [9.17, 15) is 9.90 Å². The molecule has 4 heteroatoms. The molecule has 1 aromatic carbocycles. The average Bonchev–Trinajstić information content (AvgIpc) is 2.30. The van der Waals surface area contributed by atoms with Gasteiger partial charge in [-0.1, -0.05) is 32.3 Å². The molecule has 0 radical (unpaired) electrons. The van der Waals surface area contributed by atoms with Crippen LogP contribution in [0.2, 0.25) is 0 Å². The summed E-state index contributed by atoms with van der Waals surface area (Å²) in [7, 11) is 0. The fraction of sp³-hybridized carbons (Fsp3) is 0.462. The van der Waals surface area contributed by atoms with E-state index in [0.29, 0.717) is 6.61 Å². The van der Waals surface area contributed by atoms with Crippen molar-refractivity contribution in [3.63, 3.8) is 0 Å². The quantitative estimate of drug-likeness (QED) is 0.716. The first kappa shape index (κ1) is 13.4. The SMILES string of the molecule is CCCCCCOc1cccc(C(=O)O)c1O. The van der Waals surface area contributed by atoms with Crippen LogP contribution in [0, 0.1) is 0 Å². The molecule has 0 aliphatic heterocycles. The number of carboxylic acids is 1. The second-order valence-electron chi connectivity index (χ2n) is 3.87. The normalized spacial score (nSPS) is 10.2. The van der Waals surface area contributed by atoms with Gasteiger partial charge in [0.25, 0.3) is 0 Å². The second-order valence-corrected chi connectivity index (χ2v) is 3.87. The van der Waals surface area contributed by atoms with Crippen molar-refractivity contribution in [1.29, 1.82) is 0 Å². The average molecular weight is 238 g/mol. The number of hydrogen-bond acceptors (Lipinski definition) is 3. The number of phenols is 1. The van der Waals surface area contributed by atoms with Crippen LogP contribution in [0.5, 0.6) is 11.5 Å². The van der Waals surface area contributed by atoms with Crippen molar-refractivity contribution in [2.45, 2.75) is 32.6 Å². The summed E-state index contributed by atoms with van der Waals surface area (Å²) in [4.78, 5) is 10.8. The number of aromatic carboxylic acids is 1. The lowest BCUT2D eigenvalue weighted by molar-refractivity contribution is 0.0693. The molecule has 94 valence electrons. The molecule has 1 aromatic rings. The van der Waals surface area contributed by atoms with Gasteiger partial charge in [-0.3, -0.25) is 0 Å². The third kappa shape index (κ3) is 3.98. The summed E-state index contributed by atoms with van der Waals surface area (Å²) in [5.74, 6) is -1.21. The summed E-state index contributed by atoms with van der Waals surface area (Å²) in [5, 5.41) is 18.5. The van der Waals surface area contributed by atoms with Crippen molar-refractivity contribution in [3.05, 3.63) is 23.8 Å². The van der Waals surface area contributed by atoms with E-state index in [4.69, 9.17) is 9.84 Å². The molecule has 4 nitrogen and oxygen atoms in total. The van der Waals surface area contributed by atoms with Crippen LogP contribution in [-0.2, 0) is 0 Å². The molecule has 0 amide bonds. The highest BCUT2D eigenvalue weighted by Gasteiger charge is 2.13. The molecule has 0 saturated carbocycles. The molecule has 1 rings (SSSR count). The zero-order valence-corrected chi connectivity index (χ0v) is 9.98. The number of rotatable bonds is 7. The van der Waals surface area contributed by atoms with Crippen LogP contribution in [-0.4, -0.2) is 22.8 Å². The minimum absolute atomic E-state index is 0.129. The molecule has 0 spiro atoms. The summed E-state index contributed by atoms with van der Waals surface area (Å²) in [6.07, 6.45) is 4.30. The Morgan fingerprint density at radius 2 is 2.06 bits per heavy atom. The lowest BCUT2D eigenvalue weighted by Crippen LogP contribution is -2.01. The highest BCUT2D eigenvalue weighted by atomic mass is 16.5. The number of hydrogen-bond donors (Lipinski definition) is 2. The van der Waals surface area contributed by atoms with Crippen molar-refractivity contribution in [1.82, 2.24) is 0 Å². The monoisotopic (exact) mass is 238 g/mol. The molecular formula is C13H18O4. The molecule has 17 heavy (non-hydrogen) atoms. The van der Waals surface area contributed by atoms with Crippen molar-refractivity contribution in [2.75, 3.05) is 6.61 Å². The van der Waals surface area contributed by atoms with E-state index in [1.165, 1.54) is 6.07 Å². The summed E-state index contributed by atoms with van der Waals surface area (Å²) in [6.45, 7) is 2.62. The van der Waals surface area contributed by atoms with Crippen LogP contribution in [0.15, 0.2) is 18.2 Å². The standard InChI is InChI=1S/C13H18O4/c1-2-3-4-5-9-17-11-8-6-7-10(12(11)14)13(15)16/h6-8,14H,2-5,9H2,1H3,(H,15,16). The van der Waals surface area contributed by atoms with Crippen molar-refractivity contribution >= 4 is 5.97 Å². The van der Waals surface area contributed by atoms with E-state index in [0.717, 1.165) is 25.7 Å². The molecule has 0 bridgehead atoms. The van der Waals surface area contributed by atoms with Gasteiger partial charge in [0, 0.05) is 0 Å². The number of unbranched alkanes of at least 4 members (excludes halogenated alkanes) is 3. The number of para-hydroxylation sites is 1. The van der Waals surface area contributed by atoms with Crippen LogP contribution in [0.3, 0.4) is 0 Å². The summed E-state index contributed by atoms with van der Waals surface area (Å²) in [6, 6.07) is 4.48. The Labute approximate surface area is 101 Å². The zero-order chi connectivity index (χ0) is 12.7. The highest BCUT2D eigenvalue weighted by Crippen LogP contribution is 2.29. The fourth-order valence-electron chi connectivity index (χ4n) is 1.52. The van der Waals surface area contributed by atoms with E-state index in [2.05, 4.69) is 6.92 Å². The third-order valence-electron chi connectivity index (χ3n) is 2.48. The van der Waals surface area contributed by atoms with Gasteiger partial charge in [0.05, 0.1) is 6.61 Å². The molecule has 0 saturated heterocycles. The lowest BCUT2D eigenvalue weighted by Gasteiger charge is -2.09. The van der Waals surface area contributed by atoms with Crippen LogP contribution >= 0.6 is 0 Å². The van der Waals surface area contributed by atoms with Crippen molar-refractivity contribution < 1.29 is 19.7 Å². The third-order valence-corrected chi connectivity index (χ3v) is 2.48. The Morgan fingerprint density at radius 3 is 2.71 bits per heavy atom. The maximum absolute atomic E-state index is 10.8. The Morgan fingerprint density at radius 1 is 1.29 bits per heavy atom. The van der Waals surface area contributed by atoms with Crippen LogP contribution in [0.25, 0.3) is 0 Å². The first-order valence-electron chi connectivity index (χ1n) is 5.85. The van der Waals surface area contributed by atoms with E-state index >= 15 is 0 Å². The minimum atomic E-state index is -1.15. The van der Waals surface area contributed by atoms with E-state index in [-0.39, 0.29) is 17.1 Å². The molecule has 0 aromatic heterocycles. The number of carboxylic acid groups (broad SMARTS) is 1. The summed E-state index contributed by atoms with van der Waals surface area (Å²) in [5.41, 5.74) is -0.129. The topological polar surface area (TPSA) is 66.8 Å².